The first kappa shape index (κ1) is 20.9. The molecular formula is C21H25N3O4S. The Morgan fingerprint density at radius 2 is 1.93 bits per heavy atom. The van der Waals surface area contributed by atoms with E-state index in [1.54, 1.807) is 19.1 Å². The van der Waals surface area contributed by atoms with E-state index in [0.717, 1.165) is 16.9 Å². The van der Waals surface area contributed by atoms with Crippen LogP contribution in [0.15, 0.2) is 35.4 Å². The predicted octanol–water partition coefficient (Wildman–Crippen LogP) is 3.09. The van der Waals surface area contributed by atoms with Gasteiger partial charge < -0.3 is 14.4 Å². The third-order valence-electron chi connectivity index (χ3n) is 4.78. The number of amides is 1. The molecule has 29 heavy (non-hydrogen) atoms. The molecule has 0 aliphatic heterocycles. The van der Waals surface area contributed by atoms with Crippen molar-refractivity contribution < 1.29 is 14.3 Å². The summed E-state index contributed by atoms with van der Waals surface area (Å²) >= 11 is 1.52. The van der Waals surface area contributed by atoms with E-state index in [0.29, 0.717) is 34.8 Å². The average Bonchev–Trinajstić information content (AvgIpc) is 3.18. The second-order valence-corrected chi connectivity index (χ2v) is 7.68. The van der Waals surface area contributed by atoms with Crippen LogP contribution in [0.4, 0.5) is 0 Å². The maximum Gasteiger partial charge on any atom is 0.262 e. The molecule has 0 spiro atoms. The minimum absolute atomic E-state index is 0.0415. The van der Waals surface area contributed by atoms with Gasteiger partial charge in [0.25, 0.3) is 5.56 Å². The number of carbonyl (C=O) groups is 1. The number of aryl methyl sites for hydroxylation is 1. The summed E-state index contributed by atoms with van der Waals surface area (Å²) in [5.41, 5.74) is 0.741. The van der Waals surface area contributed by atoms with Crippen LogP contribution in [0.1, 0.15) is 24.3 Å². The van der Waals surface area contributed by atoms with Gasteiger partial charge in [-0.15, -0.1) is 11.3 Å². The Bertz CT molecular complexity index is 1070. The van der Waals surface area contributed by atoms with Crippen molar-refractivity contribution in [3.8, 4) is 11.5 Å². The van der Waals surface area contributed by atoms with Crippen LogP contribution in [-0.4, -0.2) is 41.1 Å². The van der Waals surface area contributed by atoms with Gasteiger partial charge in [-0.25, -0.2) is 4.98 Å². The van der Waals surface area contributed by atoms with Crippen molar-refractivity contribution in [3.63, 3.8) is 0 Å². The summed E-state index contributed by atoms with van der Waals surface area (Å²) in [5, 5.41) is 0.574. The van der Waals surface area contributed by atoms with Crippen LogP contribution in [0.3, 0.4) is 0 Å². The molecule has 3 aromatic rings. The minimum Gasteiger partial charge on any atom is -0.493 e. The minimum atomic E-state index is -0.179. The number of thiophene rings is 1. The monoisotopic (exact) mass is 415 g/mol. The zero-order valence-corrected chi connectivity index (χ0v) is 17.9. The molecule has 0 N–H and O–H groups in total. The van der Waals surface area contributed by atoms with Crippen LogP contribution in [0, 0.1) is 0 Å². The van der Waals surface area contributed by atoms with Crippen LogP contribution in [0.25, 0.3) is 10.2 Å². The molecule has 0 bridgehead atoms. The fourth-order valence-electron chi connectivity index (χ4n) is 3.12. The van der Waals surface area contributed by atoms with Gasteiger partial charge in [0.15, 0.2) is 11.5 Å². The first-order valence-corrected chi connectivity index (χ1v) is 10.3. The van der Waals surface area contributed by atoms with E-state index in [2.05, 4.69) is 4.98 Å². The zero-order chi connectivity index (χ0) is 21.0. The van der Waals surface area contributed by atoms with Crippen molar-refractivity contribution in [2.24, 2.45) is 0 Å². The summed E-state index contributed by atoms with van der Waals surface area (Å²) in [5.74, 6) is 1.11. The summed E-state index contributed by atoms with van der Waals surface area (Å²) < 4.78 is 12.0. The van der Waals surface area contributed by atoms with Crippen molar-refractivity contribution in [1.29, 1.82) is 0 Å². The molecule has 1 amide bonds. The van der Waals surface area contributed by atoms with Crippen LogP contribution >= 0.6 is 11.3 Å². The van der Waals surface area contributed by atoms with E-state index in [-0.39, 0.29) is 18.0 Å². The molecule has 7 nitrogen and oxygen atoms in total. The summed E-state index contributed by atoms with van der Waals surface area (Å²) in [4.78, 5) is 33.5. The molecule has 8 heteroatoms. The first-order chi connectivity index (χ1) is 14.0. The van der Waals surface area contributed by atoms with Crippen molar-refractivity contribution in [2.45, 2.75) is 33.4 Å². The van der Waals surface area contributed by atoms with Gasteiger partial charge in [0.2, 0.25) is 5.91 Å². The molecule has 0 radical (unpaired) electrons. The summed E-state index contributed by atoms with van der Waals surface area (Å²) in [6.07, 6.45) is 2.32. The molecule has 0 saturated heterocycles. The number of hydrogen-bond donors (Lipinski definition) is 0. The van der Waals surface area contributed by atoms with E-state index in [4.69, 9.17) is 9.47 Å². The number of nitrogens with zero attached hydrogens (tertiary/aromatic N) is 3. The van der Waals surface area contributed by atoms with Gasteiger partial charge in [-0.1, -0.05) is 13.0 Å². The Labute approximate surface area is 173 Å². The van der Waals surface area contributed by atoms with E-state index < -0.39 is 0 Å². The average molecular weight is 416 g/mol. The van der Waals surface area contributed by atoms with E-state index in [9.17, 15) is 9.59 Å². The number of fused-ring (bicyclic) bond motifs is 1. The smallest absolute Gasteiger partial charge is 0.262 e. The van der Waals surface area contributed by atoms with E-state index >= 15 is 0 Å². The Morgan fingerprint density at radius 1 is 1.17 bits per heavy atom. The fraction of sp³-hybridized carbons (Fsp3) is 0.381. The van der Waals surface area contributed by atoms with Gasteiger partial charge in [-0.05, 0) is 37.1 Å². The molecule has 0 unspecified atom stereocenters. The maximum atomic E-state index is 12.9. The molecule has 2 heterocycles. The Hall–Kier alpha value is -2.87. The standard InChI is InChI=1S/C21H25N3O4S/c1-5-15-10-16-20(29-15)22-13-24(21(16)26)12-19(25)23(6-2)11-14-7-8-17(27-3)18(9-14)28-4/h7-10,13H,5-6,11-12H2,1-4H3. The molecule has 2 aromatic heterocycles. The largest absolute Gasteiger partial charge is 0.493 e. The Morgan fingerprint density at radius 3 is 2.59 bits per heavy atom. The van der Waals surface area contributed by atoms with E-state index in [1.165, 1.54) is 22.2 Å². The summed E-state index contributed by atoms with van der Waals surface area (Å²) in [7, 11) is 3.16. The highest BCUT2D eigenvalue weighted by Gasteiger charge is 2.16. The van der Waals surface area contributed by atoms with Gasteiger partial charge in [0.05, 0.1) is 25.9 Å². The van der Waals surface area contributed by atoms with Gasteiger partial charge in [0, 0.05) is 18.0 Å². The van der Waals surface area contributed by atoms with Crippen molar-refractivity contribution in [3.05, 3.63) is 51.4 Å². The summed E-state index contributed by atoms with van der Waals surface area (Å²) in [6, 6.07) is 7.44. The number of hydrogen-bond acceptors (Lipinski definition) is 6. The highest BCUT2D eigenvalue weighted by molar-refractivity contribution is 7.18. The number of carbonyl (C=O) groups excluding carboxylic acids is 1. The topological polar surface area (TPSA) is 73.7 Å². The van der Waals surface area contributed by atoms with Gasteiger partial charge in [-0.2, -0.15) is 0 Å². The molecular weight excluding hydrogens is 390 g/mol. The molecule has 0 aliphatic carbocycles. The normalized spacial score (nSPS) is 10.9. The lowest BCUT2D eigenvalue weighted by Crippen LogP contribution is -2.36. The zero-order valence-electron chi connectivity index (χ0n) is 17.1. The molecule has 0 saturated carbocycles. The lowest BCUT2D eigenvalue weighted by atomic mass is 10.2. The van der Waals surface area contributed by atoms with Crippen LogP contribution < -0.4 is 15.0 Å². The van der Waals surface area contributed by atoms with Gasteiger partial charge >= 0.3 is 0 Å². The highest BCUT2D eigenvalue weighted by atomic mass is 32.1. The Kier molecular flexibility index (Phi) is 6.53. The third kappa shape index (κ3) is 4.42. The van der Waals surface area contributed by atoms with Crippen molar-refractivity contribution in [2.75, 3.05) is 20.8 Å². The van der Waals surface area contributed by atoms with Crippen molar-refractivity contribution >= 4 is 27.5 Å². The van der Waals surface area contributed by atoms with Crippen LogP contribution in [0.2, 0.25) is 0 Å². The molecule has 0 fully saturated rings. The highest BCUT2D eigenvalue weighted by Crippen LogP contribution is 2.28. The van der Waals surface area contributed by atoms with E-state index in [1.807, 2.05) is 38.1 Å². The second kappa shape index (κ2) is 9.09. The number of aromatic nitrogens is 2. The van der Waals surface area contributed by atoms with Crippen molar-refractivity contribution in [1.82, 2.24) is 14.5 Å². The number of ether oxygens (including phenoxy) is 2. The molecule has 1 aromatic carbocycles. The van der Waals surface area contributed by atoms with Gasteiger partial charge in [0.1, 0.15) is 11.4 Å². The fourth-order valence-corrected chi connectivity index (χ4v) is 4.04. The maximum absolute atomic E-state index is 12.9. The number of benzene rings is 1. The lowest BCUT2D eigenvalue weighted by Gasteiger charge is -2.22. The van der Waals surface area contributed by atoms with Crippen LogP contribution in [-0.2, 0) is 24.3 Å². The quantitative estimate of drug-likeness (QED) is 0.565. The molecule has 0 aliphatic rings. The first-order valence-electron chi connectivity index (χ1n) is 9.47. The van der Waals surface area contributed by atoms with Gasteiger partial charge in [-0.3, -0.25) is 14.2 Å². The molecule has 0 atom stereocenters. The number of methoxy groups -OCH3 is 2. The lowest BCUT2D eigenvalue weighted by molar-refractivity contribution is -0.132. The summed E-state index contributed by atoms with van der Waals surface area (Å²) in [6.45, 7) is 4.85. The third-order valence-corrected chi connectivity index (χ3v) is 5.97. The predicted molar refractivity (Wildman–Crippen MR) is 114 cm³/mol. The Balaban J connectivity index is 1.79. The molecule has 3 rings (SSSR count). The SMILES string of the molecule is CCc1cc2c(=O)n(CC(=O)N(CC)Cc3ccc(OC)c(OC)c3)cnc2s1. The second-order valence-electron chi connectivity index (χ2n) is 6.56. The number of rotatable bonds is 8. The van der Waals surface area contributed by atoms with Crippen LogP contribution in [0.5, 0.6) is 11.5 Å². The number of likely N-dealkylation sites (N-methyl/N-ethyl adjacent to an activating group) is 1. The molecule has 154 valence electrons.